The zero-order chi connectivity index (χ0) is 11.7. The van der Waals surface area contributed by atoms with Crippen molar-refractivity contribution in [3.8, 4) is 0 Å². The average Bonchev–Trinajstić information content (AvgIpc) is 2.27. The summed E-state index contributed by atoms with van der Waals surface area (Å²) in [4.78, 5) is 26.4. The third-order valence-electron chi connectivity index (χ3n) is 2.44. The maximum Gasteiger partial charge on any atom is 0.269 e. The number of non-ortho nitro benzene ring substituents is 1. The van der Waals surface area contributed by atoms with Gasteiger partial charge in [0.15, 0.2) is 0 Å². The van der Waals surface area contributed by atoms with E-state index in [1.54, 1.807) is 6.07 Å². The summed E-state index contributed by atoms with van der Waals surface area (Å²) in [7, 11) is 0. The van der Waals surface area contributed by atoms with Gasteiger partial charge < -0.3 is 0 Å². The Morgan fingerprint density at radius 1 is 1.50 bits per heavy atom. The van der Waals surface area contributed by atoms with Crippen LogP contribution in [0.4, 0.5) is 5.69 Å². The average molecular weight is 222 g/mol. The van der Waals surface area contributed by atoms with E-state index in [1.165, 1.54) is 24.1 Å². The van der Waals surface area contributed by atoms with Crippen LogP contribution in [0.5, 0.6) is 0 Å². The zero-order valence-electron chi connectivity index (χ0n) is 8.67. The Bertz CT molecular complexity index is 458. The molecule has 1 amide bonds. The van der Waals surface area contributed by atoms with Crippen molar-refractivity contribution in [3.05, 3.63) is 39.4 Å². The molecule has 16 heavy (non-hydrogen) atoms. The van der Waals surface area contributed by atoms with Crippen LogP contribution in [0.15, 0.2) is 18.2 Å². The molecule has 2 rings (SSSR count). The molecule has 0 radical (unpaired) electrons. The van der Waals surface area contributed by atoms with E-state index >= 15 is 0 Å². The molecule has 0 fully saturated rings. The van der Waals surface area contributed by atoms with Crippen molar-refractivity contribution < 1.29 is 14.6 Å². The normalized spacial score (nSPS) is 14.4. The molecule has 1 aliphatic heterocycles. The quantitative estimate of drug-likeness (QED) is 0.531. The van der Waals surface area contributed by atoms with Crippen molar-refractivity contribution in [2.24, 2.45) is 0 Å². The van der Waals surface area contributed by atoms with Crippen LogP contribution in [0, 0.1) is 10.1 Å². The molecule has 84 valence electrons. The molecule has 0 spiro atoms. The number of hydroxylamine groups is 2. The van der Waals surface area contributed by atoms with Crippen LogP contribution in [-0.4, -0.2) is 15.9 Å². The van der Waals surface area contributed by atoms with E-state index in [2.05, 4.69) is 0 Å². The van der Waals surface area contributed by atoms with Crippen LogP contribution in [0.2, 0.25) is 0 Å². The van der Waals surface area contributed by atoms with Crippen LogP contribution < -0.4 is 0 Å². The minimum absolute atomic E-state index is 0.0404. The molecular formula is C10H10N2O4. The molecule has 0 saturated heterocycles. The van der Waals surface area contributed by atoms with Crippen molar-refractivity contribution in [3.63, 3.8) is 0 Å². The molecule has 0 aromatic heterocycles. The van der Waals surface area contributed by atoms with Crippen molar-refractivity contribution >= 4 is 11.6 Å². The maximum atomic E-state index is 11.1. The van der Waals surface area contributed by atoms with Gasteiger partial charge >= 0.3 is 0 Å². The van der Waals surface area contributed by atoms with Crippen molar-refractivity contribution in [1.29, 1.82) is 0 Å². The van der Waals surface area contributed by atoms with E-state index in [-0.39, 0.29) is 18.2 Å². The van der Waals surface area contributed by atoms with E-state index < -0.39 is 4.92 Å². The third-order valence-corrected chi connectivity index (χ3v) is 2.44. The summed E-state index contributed by atoms with van der Waals surface area (Å²) < 4.78 is 0. The number of nitro groups is 1. The van der Waals surface area contributed by atoms with Crippen LogP contribution in [0.1, 0.15) is 18.1 Å². The molecular weight excluding hydrogens is 212 g/mol. The number of carbonyl (C=O) groups excluding carboxylic acids is 1. The fourth-order valence-electron chi connectivity index (χ4n) is 1.56. The summed E-state index contributed by atoms with van der Waals surface area (Å²) in [6.45, 7) is 1.94. The second-order valence-corrected chi connectivity index (χ2v) is 3.54. The molecule has 1 aromatic rings. The van der Waals surface area contributed by atoms with Crippen molar-refractivity contribution in [2.75, 3.05) is 0 Å². The summed E-state index contributed by atoms with van der Waals surface area (Å²) in [5.41, 5.74) is 1.68. The molecule has 0 N–H and O–H groups in total. The molecule has 1 heterocycles. The number of hydrogen-bond acceptors (Lipinski definition) is 4. The van der Waals surface area contributed by atoms with Crippen LogP contribution in [0.3, 0.4) is 0 Å². The van der Waals surface area contributed by atoms with Gasteiger partial charge in [0.1, 0.15) is 6.61 Å². The largest absolute Gasteiger partial charge is 0.273 e. The predicted octanol–water partition coefficient (Wildman–Crippen LogP) is 1.39. The van der Waals surface area contributed by atoms with Gasteiger partial charge in [-0.3, -0.25) is 19.7 Å². The Morgan fingerprint density at radius 2 is 2.25 bits per heavy atom. The summed E-state index contributed by atoms with van der Waals surface area (Å²) in [6, 6.07) is 4.57. The summed E-state index contributed by atoms with van der Waals surface area (Å²) in [6.07, 6.45) is 0. The zero-order valence-corrected chi connectivity index (χ0v) is 8.67. The van der Waals surface area contributed by atoms with Gasteiger partial charge in [0.2, 0.25) is 5.91 Å². The first-order chi connectivity index (χ1) is 7.58. The molecule has 1 aliphatic rings. The Kier molecular flexibility index (Phi) is 2.57. The Morgan fingerprint density at radius 3 is 2.88 bits per heavy atom. The van der Waals surface area contributed by atoms with Gasteiger partial charge in [0, 0.05) is 19.1 Å². The molecule has 0 atom stereocenters. The van der Waals surface area contributed by atoms with Gasteiger partial charge in [-0.15, -0.1) is 0 Å². The van der Waals surface area contributed by atoms with E-state index in [0.29, 0.717) is 6.54 Å². The highest BCUT2D eigenvalue weighted by molar-refractivity contribution is 5.72. The maximum absolute atomic E-state index is 11.1. The van der Waals surface area contributed by atoms with E-state index in [4.69, 9.17) is 4.84 Å². The topological polar surface area (TPSA) is 72.7 Å². The summed E-state index contributed by atoms with van der Waals surface area (Å²) in [5.74, 6) is -0.177. The minimum Gasteiger partial charge on any atom is -0.273 e. The number of hydrogen-bond donors (Lipinski definition) is 0. The number of rotatable bonds is 1. The Labute approximate surface area is 91.5 Å². The second-order valence-electron chi connectivity index (χ2n) is 3.54. The SMILES string of the molecule is CC(=O)N1Cc2ccc([N+](=O)[O-])cc2CO1. The smallest absolute Gasteiger partial charge is 0.269 e. The lowest BCUT2D eigenvalue weighted by atomic mass is 10.1. The fraction of sp³-hybridized carbons (Fsp3) is 0.300. The lowest BCUT2D eigenvalue weighted by Gasteiger charge is -2.26. The molecule has 6 heteroatoms. The highest BCUT2D eigenvalue weighted by Gasteiger charge is 2.21. The van der Waals surface area contributed by atoms with Crippen LogP contribution >= 0.6 is 0 Å². The minimum atomic E-state index is -0.447. The van der Waals surface area contributed by atoms with Crippen LogP contribution in [-0.2, 0) is 22.8 Å². The Balaban J connectivity index is 2.29. The standard InChI is InChI=1S/C10H10N2O4/c1-7(13)11-5-8-2-3-10(12(14)15)4-9(8)6-16-11/h2-4H,5-6H2,1H3. The van der Waals surface area contributed by atoms with Gasteiger partial charge in [-0.1, -0.05) is 0 Å². The number of carbonyl (C=O) groups is 1. The fourth-order valence-corrected chi connectivity index (χ4v) is 1.56. The first-order valence-electron chi connectivity index (χ1n) is 4.75. The van der Waals surface area contributed by atoms with E-state index in [9.17, 15) is 14.9 Å². The molecule has 6 nitrogen and oxygen atoms in total. The molecule has 0 unspecified atom stereocenters. The highest BCUT2D eigenvalue weighted by atomic mass is 16.7. The highest BCUT2D eigenvalue weighted by Crippen LogP contribution is 2.24. The second kappa shape index (κ2) is 3.90. The number of nitro benzene ring substituents is 1. The molecule has 1 aromatic carbocycles. The molecule has 0 saturated carbocycles. The van der Waals surface area contributed by atoms with Crippen molar-refractivity contribution in [2.45, 2.75) is 20.1 Å². The third kappa shape index (κ3) is 1.87. The molecule has 0 bridgehead atoms. The Hall–Kier alpha value is -1.95. The van der Waals surface area contributed by atoms with E-state index in [1.807, 2.05) is 0 Å². The summed E-state index contributed by atoms with van der Waals surface area (Å²) >= 11 is 0. The van der Waals surface area contributed by atoms with Crippen LogP contribution in [0.25, 0.3) is 0 Å². The first-order valence-corrected chi connectivity index (χ1v) is 4.75. The van der Waals surface area contributed by atoms with Gasteiger partial charge in [0.25, 0.3) is 5.69 Å². The number of nitrogens with zero attached hydrogens (tertiary/aromatic N) is 2. The number of amides is 1. The van der Waals surface area contributed by atoms with Crippen molar-refractivity contribution in [1.82, 2.24) is 5.06 Å². The summed E-state index contributed by atoms with van der Waals surface area (Å²) in [5, 5.41) is 11.8. The first kappa shape index (κ1) is 10.6. The lowest BCUT2D eigenvalue weighted by molar-refractivity contribution is -0.385. The van der Waals surface area contributed by atoms with Gasteiger partial charge in [-0.05, 0) is 17.2 Å². The predicted molar refractivity (Wildman–Crippen MR) is 54.1 cm³/mol. The van der Waals surface area contributed by atoms with Gasteiger partial charge in [-0.25, -0.2) is 5.06 Å². The number of benzene rings is 1. The van der Waals surface area contributed by atoms with Gasteiger partial charge in [-0.2, -0.15) is 0 Å². The lowest BCUT2D eigenvalue weighted by Crippen LogP contribution is -2.32. The monoisotopic (exact) mass is 222 g/mol. The van der Waals surface area contributed by atoms with Gasteiger partial charge in [0.05, 0.1) is 11.5 Å². The van der Waals surface area contributed by atoms with E-state index in [0.717, 1.165) is 11.1 Å². The molecule has 0 aliphatic carbocycles. The number of fused-ring (bicyclic) bond motifs is 1.